The molecule has 1 aromatic heterocycles. The highest BCUT2D eigenvalue weighted by Gasteiger charge is 2.32. The van der Waals surface area contributed by atoms with Gasteiger partial charge in [-0.2, -0.15) is 0 Å². The molecule has 7 heteroatoms. The van der Waals surface area contributed by atoms with Gasteiger partial charge >= 0.3 is 0 Å². The van der Waals surface area contributed by atoms with Crippen LogP contribution < -0.4 is 14.4 Å². The van der Waals surface area contributed by atoms with Crippen molar-refractivity contribution in [2.45, 2.75) is 70.3 Å². The fourth-order valence-corrected chi connectivity index (χ4v) is 7.00. The summed E-state index contributed by atoms with van der Waals surface area (Å²) in [6.45, 7) is 2.85. The van der Waals surface area contributed by atoms with Gasteiger partial charge in [0.1, 0.15) is 5.75 Å². The molecule has 208 valence electrons. The molecule has 1 heterocycles. The summed E-state index contributed by atoms with van der Waals surface area (Å²) >= 11 is 1.51. The lowest BCUT2D eigenvalue weighted by Crippen LogP contribution is -2.41. The molecule has 2 aromatic carbocycles. The van der Waals surface area contributed by atoms with Crippen LogP contribution in [0.25, 0.3) is 10.4 Å². The van der Waals surface area contributed by atoms with Crippen molar-refractivity contribution in [3.8, 4) is 21.4 Å². The Morgan fingerprint density at radius 1 is 1.00 bits per heavy atom. The molecule has 0 unspecified atom stereocenters. The predicted octanol–water partition coefficient (Wildman–Crippen LogP) is 6.99. The van der Waals surface area contributed by atoms with E-state index in [1.54, 1.807) is 14.2 Å². The number of carbonyl (C=O) groups excluding carboxylic acids is 1. The van der Waals surface area contributed by atoms with Gasteiger partial charge in [-0.3, -0.25) is 4.79 Å². The number of ether oxygens (including phenoxy) is 2. The molecule has 1 amide bonds. The van der Waals surface area contributed by atoms with E-state index in [2.05, 4.69) is 48.3 Å². The van der Waals surface area contributed by atoms with Gasteiger partial charge in [-0.1, -0.05) is 35.6 Å². The third kappa shape index (κ3) is 6.47. The highest BCUT2D eigenvalue weighted by Crippen LogP contribution is 2.39. The summed E-state index contributed by atoms with van der Waals surface area (Å²) in [6.07, 6.45) is 8.96. The lowest BCUT2D eigenvalue weighted by Gasteiger charge is -2.36. The summed E-state index contributed by atoms with van der Waals surface area (Å²) in [5, 5.41) is 10.7. The third-order valence-electron chi connectivity index (χ3n) is 8.59. The molecule has 6 nitrogen and oxygen atoms in total. The molecule has 39 heavy (non-hydrogen) atoms. The summed E-state index contributed by atoms with van der Waals surface area (Å²) < 4.78 is 10.7. The molecule has 0 spiro atoms. The summed E-state index contributed by atoms with van der Waals surface area (Å²) in [7, 11) is 3.35. The zero-order chi connectivity index (χ0) is 27.4. The van der Waals surface area contributed by atoms with Crippen molar-refractivity contribution >= 4 is 22.9 Å². The Morgan fingerprint density at radius 2 is 1.77 bits per heavy atom. The van der Waals surface area contributed by atoms with Gasteiger partial charge in [0.25, 0.3) is 5.19 Å². The summed E-state index contributed by atoms with van der Waals surface area (Å²) in [4.78, 5) is 21.4. The Bertz CT molecular complexity index is 1260. The van der Waals surface area contributed by atoms with Crippen molar-refractivity contribution < 1.29 is 19.4 Å². The summed E-state index contributed by atoms with van der Waals surface area (Å²) in [5.41, 5.74) is 4.57. The maximum Gasteiger partial charge on any atom is 0.273 e. The Morgan fingerprint density at radius 3 is 2.44 bits per heavy atom. The minimum Gasteiger partial charge on any atom is -0.496 e. The number of amides is 1. The molecule has 0 saturated heterocycles. The highest BCUT2D eigenvalue weighted by molar-refractivity contribution is 7.16. The Labute approximate surface area is 236 Å². The largest absolute Gasteiger partial charge is 0.496 e. The number of hydrogen-bond donors (Lipinski definition) is 1. The first-order valence-electron chi connectivity index (χ1n) is 14.2. The zero-order valence-electron chi connectivity index (χ0n) is 23.3. The van der Waals surface area contributed by atoms with Gasteiger partial charge in [-0.15, -0.1) is 0 Å². The Balaban J connectivity index is 1.33. The fraction of sp³-hybridized carbons (Fsp3) is 0.500. The number of aliphatic hydroxyl groups is 1. The van der Waals surface area contributed by atoms with Crippen LogP contribution in [0.1, 0.15) is 68.4 Å². The van der Waals surface area contributed by atoms with E-state index in [0.29, 0.717) is 29.9 Å². The molecular formula is C32H40N2O4S. The van der Waals surface area contributed by atoms with Crippen molar-refractivity contribution in [3.05, 3.63) is 59.8 Å². The minimum absolute atomic E-state index is 0.0285. The number of methoxy groups -OCH3 is 2. The number of aryl methyl sites for hydroxylation is 1. The van der Waals surface area contributed by atoms with Crippen LogP contribution in [-0.4, -0.2) is 42.9 Å². The normalized spacial score (nSPS) is 23.3. The van der Waals surface area contributed by atoms with Crippen LogP contribution in [0, 0.1) is 18.8 Å². The van der Waals surface area contributed by atoms with Crippen molar-refractivity contribution in [2.75, 3.05) is 25.7 Å². The number of aromatic nitrogens is 1. The molecule has 0 aliphatic heterocycles. The minimum atomic E-state index is -0.274. The smallest absolute Gasteiger partial charge is 0.273 e. The third-order valence-corrected chi connectivity index (χ3v) is 9.60. The number of nitrogens with zero attached hydrogens (tertiary/aromatic N) is 2. The van der Waals surface area contributed by atoms with Gasteiger partial charge in [-0.05, 0) is 105 Å². The van der Waals surface area contributed by atoms with Gasteiger partial charge in [-0.25, -0.2) is 4.98 Å². The van der Waals surface area contributed by atoms with E-state index in [4.69, 9.17) is 9.47 Å². The first kappa shape index (κ1) is 27.7. The molecule has 0 bridgehead atoms. The van der Waals surface area contributed by atoms with Crippen LogP contribution in [0.15, 0.2) is 48.7 Å². The SMILES string of the molecule is COc1ncc(-c2cccc(N(C[C@H]3CC[C@H](c4ccc(OC)c(C)c4)CC3)C(=O)[C@H]3CC[C@@H](O)CC3)c2)s1. The number of thiazole rings is 1. The highest BCUT2D eigenvalue weighted by atomic mass is 32.1. The number of hydrogen-bond acceptors (Lipinski definition) is 6. The first-order chi connectivity index (χ1) is 18.9. The number of anilines is 1. The summed E-state index contributed by atoms with van der Waals surface area (Å²) in [5.74, 6) is 2.13. The van der Waals surface area contributed by atoms with Gasteiger partial charge in [0.05, 0.1) is 25.2 Å². The van der Waals surface area contributed by atoms with E-state index in [1.807, 2.05) is 17.2 Å². The van der Waals surface area contributed by atoms with Crippen LogP contribution >= 0.6 is 11.3 Å². The van der Waals surface area contributed by atoms with Crippen molar-refractivity contribution in [2.24, 2.45) is 11.8 Å². The lowest BCUT2D eigenvalue weighted by molar-refractivity contribution is -0.124. The topological polar surface area (TPSA) is 71.9 Å². The average Bonchev–Trinajstić information content (AvgIpc) is 3.46. The first-order valence-corrected chi connectivity index (χ1v) is 15.0. The predicted molar refractivity (Wildman–Crippen MR) is 157 cm³/mol. The van der Waals surface area contributed by atoms with Crippen LogP contribution in [0.3, 0.4) is 0 Å². The van der Waals surface area contributed by atoms with Crippen LogP contribution in [-0.2, 0) is 4.79 Å². The van der Waals surface area contributed by atoms with Gasteiger partial charge in [0, 0.05) is 24.3 Å². The monoisotopic (exact) mass is 548 g/mol. The number of rotatable bonds is 8. The Kier molecular flexibility index (Phi) is 8.88. The van der Waals surface area contributed by atoms with E-state index in [9.17, 15) is 9.90 Å². The van der Waals surface area contributed by atoms with Crippen molar-refractivity contribution in [1.29, 1.82) is 0 Å². The van der Waals surface area contributed by atoms with E-state index in [-0.39, 0.29) is 17.9 Å². The molecule has 3 aromatic rings. The van der Waals surface area contributed by atoms with Crippen LogP contribution in [0.4, 0.5) is 5.69 Å². The van der Waals surface area contributed by atoms with E-state index in [0.717, 1.165) is 66.9 Å². The molecule has 0 radical (unpaired) electrons. The second-order valence-electron chi connectivity index (χ2n) is 11.1. The molecule has 2 aliphatic rings. The molecule has 0 atom stereocenters. The zero-order valence-corrected chi connectivity index (χ0v) is 24.1. The van der Waals surface area contributed by atoms with E-state index in [1.165, 1.54) is 22.5 Å². The molecule has 2 fully saturated rings. The Hall–Kier alpha value is -2.90. The van der Waals surface area contributed by atoms with Crippen LogP contribution in [0.5, 0.6) is 10.9 Å². The lowest BCUT2D eigenvalue weighted by atomic mass is 9.78. The second kappa shape index (κ2) is 12.5. The van der Waals surface area contributed by atoms with Gasteiger partial charge in [0.15, 0.2) is 0 Å². The second-order valence-corrected chi connectivity index (χ2v) is 12.1. The number of carbonyl (C=O) groups is 1. The van der Waals surface area contributed by atoms with Crippen molar-refractivity contribution in [3.63, 3.8) is 0 Å². The number of aliphatic hydroxyl groups excluding tert-OH is 1. The molecule has 2 aliphatic carbocycles. The number of benzene rings is 2. The maximum atomic E-state index is 14.0. The van der Waals surface area contributed by atoms with Crippen molar-refractivity contribution in [1.82, 2.24) is 4.98 Å². The van der Waals surface area contributed by atoms with E-state index >= 15 is 0 Å². The summed E-state index contributed by atoms with van der Waals surface area (Å²) in [6, 6.07) is 14.9. The molecule has 5 rings (SSSR count). The quantitative estimate of drug-likeness (QED) is 0.328. The van der Waals surface area contributed by atoms with Gasteiger partial charge < -0.3 is 19.5 Å². The standard InChI is InChI=1S/C32H40N2O4S/c1-21-17-25(13-16-29(21)37-2)23-9-7-22(8-10-23)20-34(31(36)24-11-14-28(35)15-12-24)27-6-4-5-26(18-27)30-19-33-32(38-3)39-30/h4-6,13,16-19,22-24,28,35H,7-12,14-15,20H2,1-3H3/t22-,23-,24-,28+. The van der Waals surface area contributed by atoms with Gasteiger partial charge in [0.2, 0.25) is 5.91 Å². The van der Waals surface area contributed by atoms with E-state index < -0.39 is 0 Å². The average molecular weight is 549 g/mol. The maximum absolute atomic E-state index is 14.0. The molecule has 2 saturated carbocycles. The molecular weight excluding hydrogens is 508 g/mol. The van der Waals surface area contributed by atoms with Crippen LogP contribution in [0.2, 0.25) is 0 Å². The molecule has 1 N–H and O–H groups in total. The fourth-order valence-electron chi connectivity index (χ4n) is 6.27.